The summed E-state index contributed by atoms with van der Waals surface area (Å²) in [5, 5.41) is 16.2. The Morgan fingerprint density at radius 1 is 0.970 bits per heavy atom. The van der Waals surface area contributed by atoms with Gasteiger partial charge in [0.2, 0.25) is 6.79 Å². The highest BCUT2D eigenvalue weighted by Gasteiger charge is 2.33. The first-order chi connectivity index (χ1) is 15.8. The van der Waals surface area contributed by atoms with Crippen molar-refractivity contribution in [3.63, 3.8) is 0 Å². The molecule has 9 heteroatoms. The van der Waals surface area contributed by atoms with Gasteiger partial charge in [-0.1, -0.05) is 23.7 Å². The molecule has 2 atom stereocenters. The van der Waals surface area contributed by atoms with Gasteiger partial charge >= 0.3 is 6.18 Å². The van der Waals surface area contributed by atoms with Crippen LogP contribution in [-0.4, -0.2) is 11.9 Å². The van der Waals surface area contributed by atoms with E-state index in [9.17, 15) is 18.3 Å². The van der Waals surface area contributed by atoms with E-state index < -0.39 is 17.9 Å². The number of alkyl halides is 3. The standard InChI is InChI=1S/C24H18ClF3N2O3/c25-16-6-7-20(31)17(10-16)19-11-18(14-3-8-21-22(9-14)33-12-32-21)29-23(30-19)13-1-4-15(5-2-13)24(26,27)28/h1-11,19,23,29-31H,12H2/p+1. The minimum Gasteiger partial charge on any atom is -0.507 e. The maximum absolute atomic E-state index is 13.0. The number of halogens is 4. The molecule has 3 aromatic rings. The van der Waals surface area contributed by atoms with Gasteiger partial charge in [0.1, 0.15) is 11.8 Å². The minimum absolute atomic E-state index is 0.0787. The first-order valence-corrected chi connectivity index (χ1v) is 10.5. The molecule has 4 N–H and O–H groups in total. The Hall–Kier alpha value is -3.36. The molecule has 0 bridgehead atoms. The summed E-state index contributed by atoms with van der Waals surface area (Å²) in [6, 6.07) is 15.0. The third-order valence-corrected chi connectivity index (χ3v) is 5.92. The summed E-state index contributed by atoms with van der Waals surface area (Å²) in [5.74, 6) is 1.33. The summed E-state index contributed by atoms with van der Waals surface area (Å²) < 4.78 is 49.9. The van der Waals surface area contributed by atoms with Gasteiger partial charge in [-0.2, -0.15) is 13.2 Å². The Bertz CT molecular complexity index is 1230. The van der Waals surface area contributed by atoms with E-state index in [2.05, 4.69) is 5.32 Å². The molecule has 0 radical (unpaired) electrons. The topological polar surface area (TPSA) is 67.3 Å². The van der Waals surface area contributed by atoms with Gasteiger partial charge in [-0.15, -0.1) is 0 Å². The van der Waals surface area contributed by atoms with E-state index in [4.69, 9.17) is 21.1 Å². The molecule has 2 aliphatic rings. The molecule has 0 aliphatic carbocycles. The highest BCUT2D eigenvalue weighted by Crippen LogP contribution is 2.37. The number of phenolic OH excluding ortho intramolecular Hbond substituents is 1. The first-order valence-electron chi connectivity index (χ1n) is 10.2. The van der Waals surface area contributed by atoms with E-state index in [0.29, 0.717) is 27.6 Å². The Morgan fingerprint density at radius 2 is 1.73 bits per heavy atom. The van der Waals surface area contributed by atoms with Crippen LogP contribution in [0.3, 0.4) is 0 Å². The molecule has 5 rings (SSSR count). The van der Waals surface area contributed by atoms with Crippen molar-refractivity contribution in [1.29, 1.82) is 0 Å². The predicted octanol–water partition coefficient (Wildman–Crippen LogP) is 4.74. The third-order valence-electron chi connectivity index (χ3n) is 5.69. The number of quaternary nitrogens is 1. The Morgan fingerprint density at radius 3 is 2.48 bits per heavy atom. The summed E-state index contributed by atoms with van der Waals surface area (Å²) in [5.41, 5.74) is 2.10. The van der Waals surface area contributed by atoms with Crippen molar-refractivity contribution in [2.24, 2.45) is 0 Å². The molecule has 2 unspecified atom stereocenters. The number of hydrogen-bond donors (Lipinski definition) is 3. The summed E-state index contributed by atoms with van der Waals surface area (Å²) in [6.45, 7) is 0.145. The van der Waals surface area contributed by atoms with E-state index in [1.165, 1.54) is 18.2 Å². The number of benzene rings is 3. The van der Waals surface area contributed by atoms with Gasteiger partial charge in [-0.25, -0.2) is 0 Å². The predicted molar refractivity (Wildman–Crippen MR) is 116 cm³/mol. The lowest BCUT2D eigenvalue weighted by Crippen LogP contribution is -2.89. The molecule has 0 saturated carbocycles. The van der Waals surface area contributed by atoms with E-state index in [1.54, 1.807) is 18.2 Å². The van der Waals surface area contributed by atoms with Gasteiger partial charge in [0.25, 0.3) is 0 Å². The molecule has 2 heterocycles. The monoisotopic (exact) mass is 475 g/mol. The van der Waals surface area contributed by atoms with E-state index >= 15 is 0 Å². The third kappa shape index (κ3) is 4.31. The second kappa shape index (κ2) is 8.20. The summed E-state index contributed by atoms with van der Waals surface area (Å²) in [4.78, 5) is 0. The largest absolute Gasteiger partial charge is 0.507 e. The number of fused-ring (bicyclic) bond motifs is 1. The molecule has 5 nitrogen and oxygen atoms in total. The van der Waals surface area contributed by atoms with Crippen molar-refractivity contribution in [2.75, 3.05) is 6.79 Å². The van der Waals surface area contributed by atoms with Crippen molar-refractivity contribution < 1.29 is 33.1 Å². The second-order valence-corrected chi connectivity index (χ2v) is 8.25. The Labute approximate surface area is 192 Å². The quantitative estimate of drug-likeness (QED) is 0.512. The van der Waals surface area contributed by atoms with E-state index in [-0.39, 0.29) is 18.6 Å². The zero-order valence-corrected chi connectivity index (χ0v) is 17.8. The lowest BCUT2D eigenvalue weighted by molar-refractivity contribution is -0.731. The highest BCUT2D eigenvalue weighted by molar-refractivity contribution is 6.30. The number of nitrogens with two attached hydrogens (primary N) is 1. The number of phenols is 1. The average Bonchev–Trinajstić information content (AvgIpc) is 3.28. The molecule has 2 aliphatic heterocycles. The van der Waals surface area contributed by atoms with Crippen LogP contribution in [0, 0.1) is 0 Å². The number of hydrogen-bond acceptors (Lipinski definition) is 4. The van der Waals surface area contributed by atoms with Crippen LogP contribution in [0.15, 0.2) is 66.7 Å². The minimum atomic E-state index is -4.41. The first kappa shape index (κ1) is 21.5. The summed E-state index contributed by atoms with van der Waals surface area (Å²) in [6.07, 6.45) is -2.89. The van der Waals surface area contributed by atoms with Crippen molar-refractivity contribution in [1.82, 2.24) is 5.32 Å². The van der Waals surface area contributed by atoms with Crippen molar-refractivity contribution >= 4 is 17.3 Å². The SMILES string of the molecule is Oc1ccc(Cl)cc1C1C=C(c2ccc3c(c2)OCO3)NC(c2ccc(C(F)(F)F)cc2)[NH2+]1. The fourth-order valence-electron chi connectivity index (χ4n) is 4.01. The van der Waals surface area contributed by atoms with Crippen LogP contribution in [0.4, 0.5) is 13.2 Å². The molecule has 170 valence electrons. The number of aromatic hydroxyl groups is 1. The van der Waals surface area contributed by atoms with E-state index in [0.717, 1.165) is 23.4 Å². The molecule has 0 amide bonds. The van der Waals surface area contributed by atoms with Crippen LogP contribution in [0.2, 0.25) is 5.02 Å². The lowest BCUT2D eigenvalue weighted by Gasteiger charge is -2.30. The van der Waals surface area contributed by atoms with Crippen molar-refractivity contribution in [3.8, 4) is 17.2 Å². The van der Waals surface area contributed by atoms with Crippen molar-refractivity contribution in [2.45, 2.75) is 18.4 Å². The summed E-state index contributed by atoms with van der Waals surface area (Å²) in [7, 11) is 0. The van der Waals surface area contributed by atoms with Crippen LogP contribution in [0.25, 0.3) is 5.70 Å². The smallest absolute Gasteiger partial charge is 0.416 e. The number of ether oxygens (including phenoxy) is 2. The van der Waals surface area contributed by atoms with Gasteiger partial charge in [0.05, 0.1) is 11.1 Å². The zero-order valence-electron chi connectivity index (χ0n) is 17.1. The lowest BCUT2D eigenvalue weighted by atomic mass is 9.97. The normalized spacial score (nSPS) is 19.7. The van der Waals surface area contributed by atoms with Crippen molar-refractivity contribution in [3.05, 3.63) is 94.0 Å². The van der Waals surface area contributed by atoms with E-state index in [1.807, 2.05) is 23.5 Å². The maximum atomic E-state index is 13.0. The molecule has 0 spiro atoms. The van der Waals surface area contributed by atoms with Crippen LogP contribution < -0.4 is 20.1 Å². The zero-order chi connectivity index (χ0) is 23.2. The molecule has 0 aromatic heterocycles. The maximum Gasteiger partial charge on any atom is 0.416 e. The molecular formula is C24H19ClF3N2O3+. The molecule has 3 aromatic carbocycles. The molecule has 33 heavy (non-hydrogen) atoms. The van der Waals surface area contributed by atoms with Gasteiger partial charge in [0.15, 0.2) is 17.7 Å². The highest BCUT2D eigenvalue weighted by atomic mass is 35.5. The van der Waals surface area contributed by atoms with Crippen LogP contribution in [0.1, 0.15) is 34.5 Å². The molecular weight excluding hydrogens is 457 g/mol. The summed E-state index contributed by atoms with van der Waals surface area (Å²) >= 11 is 6.17. The van der Waals surface area contributed by atoms with Gasteiger partial charge in [-0.3, -0.25) is 0 Å². The van der Waals surface area contributed by atoms with Gasteiger partial charge in [0, 0.05) is 27.9 Å². The second-order valence-electron chi connectivity index (χ2n) is 7.81. The Balaban J connectivity index is 1.54. The number of rotatable bonds is 3. The molecule has 0 saturated heterocycles. The average molecular weight is 476 g/mol. The van der Waals surface area contributed by atoms with Gasteiger partial charge < -0.3 is 25.2 Å². The van der Waals surface area contributed by atoms with Gasteiger partial charge in [-0.05, 0) is 48.5 Å². The fourth-order valence-corrected chi connectivity index (χ4v) is 4.19. The Kier molecular flexibility index (Phi) is 5.34. The van der Waals surface area contributed by atoms with Crippen LogP contribution >= 0.6 is 11.6 Å². The van der Waals surface area contributed by atoms with Crippen LogP contribution in [-0.2, 0) is 6.18 Å². The number of nitrogens with one attached hydrogen (secondary N) is 1. The fraction of sp³-hybridized carbons (Fsp3) is 0.167. The molecule has 0 fully saturated rings. The van der Waals surface area contributed by atoms with Crippen LogP contribution in [0.5, 0.6) is 17.2 Å².